The number of ether oxygens (including phenoxy) is 1. The zero-order valence-corrected chi connectivity index (χ0v) is 12.9. The first kappa shape index (κ1) is 15.1. The van der Waals surface area contributed by atoms with E-state index in [0.29, 0.717) is 12.3 Å². The van der Waals surface area contributed by atoms with Crippen LogP contribution in [0.3, 0.4) is 0 Å². The third-order valence-corrected chi connectivity index (χ3v) is 3.81. The van der Waals surface area contributed by atoms with Crippen LogP contribution >= 0.6 is 0 Å². The second-order valence-corrected chi connectivity index (χ2v) is 5.44. The van der Waals surface area contributed by atoms with Crippen LogP contribution < -0.4 is 15.0 Å². The van der Waals surface area contributed by atoms with Gasteiger partial charge in [-0.15, -0.1) is 0 Å². The molecular weight excluding hydrogens is 292 g/mol. The lowest BCUT2D eigenvalue weighted by Gasteiger charge is -2.22. The van der Waals surface area contributed by atoms with Gasteiger partial charge in [-0.05, 0) is 37.1 Å². The van der Waals surface area contributed by atoms with Gasteiger partial charge in [0.2, 0.25) is 5.91 Å². The highest BCUT2D eigenvalue weighted by Gasteiger charge is 2.28. The first-order valence-corrected chi connectivity index (χ1v) is 7.58. The number of rotatable bonds is 3. The SMILES string of the molecule is C[C@@H](NC(=O)Oc1ccccc1)C(=O)N1CCc2ccccc21. The van der Waals surface area contributed by atoms with Crippen LogP contribution in [0.5, 0.6) is 5.75 Å². The van der Waals surface area contributed by atoms with Crippen molar-refractivity contribution in [3.8, 4) is 5.75 Å². The largest absolute Gasteiger partial charge is 0.413 e. The first-order valence-electron chi connectivity index (χ1n) is 7.58. The molecule has 5 nitrogen and oxygen atoms in total. The molecule has 0 fully saturated rings. The predicted octanol–water partition coefficient (Wildman–Crippen LogP) is 2.75. The van der Waals surface area contributed by atoms with Crippen molar-refractivity contribution in [2.24, 2.45) is 0 Å². The van der Waals surface area contributed by atoms with Crippen LogP contribution in [0.1, 0.15) is 12.5 Å². The summed E-state index contributed by atoms with van der Waals surface area (Å²) in [6.07, 6.45) is 0.202. The number of fused-ring (bicyclic) bond motifs is 1. The number of nitrogens with zero attached hydrogens (tertiary/aromatic N) is 1. The van der Waals surface area contributed by atoms with Gasteiger partial charge in [0, 0.05) is 12.2 Å². The van der Waals surface area contributed by atoms with Crippen LogP contribution in [0.25, 0.3) is 0 Å². The van der Waals surface area contributed by atoms with E-state index in [9.17, 15) is 9.59 Å². The Bertz CT molecular complexity index is 715. The van der Waals surface area contributed by atoms with Crippen molar-refractivity contribution in [3.63, 3.8) is 0 Å². The average molecular weight is 310 g/mol. The summed E-state index contributed by atoms with van der Waals surface area (Å²) in [4.78, 5) is 26.1. The minimum absolute atomic E-state index is 0.139. The van der Waals surface area contributed by atoms with E-state index in [0.717, 1.165) is 17.7 Å². The maximum atomic E-state index is 12.6. The molecule has 0 saturated heterocycles. The molecule has 0 radical (unpaired) electrons. The van der Waals surface area contributed by atoms with Gasteiger partial charge < -0.3 is 15.0 Å². The number of carbonyl (C=O) groups is 2. The molecule has 1 aliphatic rings. The minimum Gasteiger partial charge on any atom is -0.410 e. The van der Waals surface area contributed by atoms with E-state index in [2.05, 4.69) is 5.32 Å². The summed E-state index contributed by atoms with van der Waals surface area (Å²) in [5.41, 5.74) is 2.07. The van der Waals surface area contributed by atoms with Gasteiger partial charge in [-0.3, -0.25) is 4.79 Å². The molecule has 0 aliphatic carbocycles. The summed E-state index contributed by atoms with van der Waals surface area (Å²) in [7, 11) is 0. The molecular formula is C18H18N2O3. The van der Waals surface area contributed by atoms with Crippen LogP contribution in [0.4, 0.5) is 10.5 Å². The molecule has 2 aromatic rings. The molecule has 0 aromatic heterocycles. The van der Waals surface area contributed by atoms with Gasteiger partial charge in [-0.2, -0.15) is 0 Å². The standard InChI is InChI=1S/C18H18N2O3/c1-13(19-18(22)23-15-8-3-2-4-9-15)17(21)20-12-11-14-7-5-6-10-16(14)20/h2-10,13H,11-12H2,1H3,(H,19,22)/t13-/m1/s1. The van der Waals surface area contributed by atoms with E-state index in [4.69, 9.17) is 4.74 Å². The Morgan fingerprint density at radius 3 is 2.57 bits per heavy atom. The monoisotopic (exact) mass is 310 g/mol. The van der Waals surface area contributed by atoms with Gasteiger partial charge in [-0.1, -0.05) is 36.4 Å². The maximum Gasteiger partial charge on any atom is 0.413 e. The van der Waals surface area contributed by atoms with Crippen molar-refractivity contribution in [3.05, 3.63) is 60.2 Å². The zero-order valence-electron chi connectivity index (χ0n) is 12.9. The Hall–Kier alpha value is -2.82. The summed E-state index contributed by atoms with van der Waals surface area (Å²) in [5.74, 6) is 0.302. The highest BCUT2D eigenvalue weighted by Crippen LogP contribution is 2.27. The van der Waals surface area contributed by atoms with Crippen LogP contribution in [0.15, 0.2) is 54.6 Å². The summed E-state index contributed by atoms with van der Waals surface area (Å²) in [6.45, 7) is 2.30. The number of benzene rings is 2. The molecule has 0 spiro atoms. The number of amides is 2. The zero-order chi connectivity index (χ0) is 16.2. The van der Waals surface area contributed by atoms with Crippen LogP contribution in [0, 0.1) is 0 Å². The molecule has 5 heteroatoms. The fraction of sp³-hybridized carbons (Fsp3) is 0.222. The predicted molar refractivity (Wildman–Crippen MR) is 87.6 cm³/mol. The van der Waals surface area contributed by atoms with Crippen LogP contribution in [0.2, 0.25) is 0 Å². The summed E-state index contributed by atoms with van der Waals surface area (Å²) < 4.78 is 5.15. The van der Waals surface area contributed by atoms with E-state index < -0.39 is 12.1 Å². The lowest BCUT2D eigenvalue weighted by Crippen LogP contribution is -2.47. The Balaban J connectivity index is 1.61. The maximum absolute atomic E-state index is 12.6. The van der Waals surface area contributed by atoms with Gasteiger partial charge in [0.25, 0.3) is 0 Å². The lowest BCUT2D eigenvalue weighted by molar-refractivity contribution is -0.120. The Morgan fingerprint density at radius 2 is 1.78 bits per heavy atom. The van der Waals surface area contributed by atoms with Crippen molar-refractivity contribution in [1.29, 1.82) is 0 Å². The van der Waals surface area contributed by atoms with E-state index >= 15 is 0 Å². The van der Waals surface area contributed by atoms with Crippen molar-refractivity contribution in [2.45, 2.75) is 19.4 Å². The highest BCUT2D eigenvalue weighted by atomic mass is 16.6. The minimum atomic E-state index is -0.655. The summed E-state index contributed by atoms with van der Waals surface area (Å²) >= 11 is 0. The average Bonchev–Trinajstić information content (AvgIpc) is 2.99. The normalized spacial score (nSPS) is 14.0. The Kier molecular flexibility index (Phi) is 4.28. The second-order valence-electron chi connectivity index (χ2n) is 5.44. The molecule has 2 aromatic carbocycles. The van der Waals surface area contributed by atoms with E-state index in [1.54, 1.807) is 36.1 Å². The van der Waals surface area contributed by atoms with Crippen molar-refractivity contribution in [1.82, 2.24) is 5.32 Å². The number of nitrogens with one attached hydrogen (secondary N) is 1. The van der Waals surface area contributed by atoms with Crippen molar-refractivity contribution in [2.75, 3.05) is 11.4 Å². The topological polar surface area (TPSA) is 58.6 Å². The van der Waals surface area contributed by atoms with Crippen molar-refractivity contribution < 1.29 is 14.3 Å². The molecule has 23 heavy (non-hydrogen) atoms. The molecule has 3 rings (SSSR count). The molecule has 1 atom stereocenters. The fourth-order valence-electron chi connectivity index (χ4n) is 2.66. The molecule has 1 aliphatic heterocycles. The Morgan fingerprint density at radius 1 is 1.09 bits per heavy atom. The summed E-state index contributed by atoms with van der Waals surface area (Å²) in [6, 6.07) is 15.9. The molecule has 0 saturated carbocycles. The molecule has 2 amide bonds. The van der Waals surface area contributed by atoms with Gasteiger partial charge in [0.05, 0.1) is 0 Å². The second kappa shape index (κ2) is 6.52. The van der Waals surface area contributed by atoms with Gasteiger partial charge in [0.15, 0.2) is 0 Å². The number of para-hydroxylation sites is 2. The smallest absolute Gasteiger partial charge is 0.410 e. The molecule has 0 unspecified atom stereocenters. The van der Waals surface area contributed by atoms with Gasteiger partial charge in [-0.25, -0.2) is 4.79 Å². The summed E-state index contributed by atoms with van der Waals surface area (Å²) in [5, 5.41) is 2.58. The molecule has 0 bridgehead atoms. The van der Waals surface area contributed by atoms with E-state index in [-0.39, 0.29) is 5.91 Å². The highest BCUT2D eigenvalue weighted by molar-refractivity contribution is 6.00. The van der Waals surface area contributed by atoms with Gasteiger partial charge >= 0.3 is 6.09 Å². The van der Waals surface area contributed by atoms with Crippen LogP contribution in [-0.2, 0) is 11.2 Å². The first-order chi connectivity index (χ1) is 11.1. The number of hydrogen-bond donors (Lipinski definition) is 1. The van der Waals surface area contributed by atoms with E-state index in [1.165, 1.54) is 0 Å². The fourth-order valence-corrected chi connectivity index (χ4v) is 2.66. The van der Waals surface area contributed by atoms with Gasteiger partial charge in [0.1, 0.15) is 11.8 Å². The molecule has 118 valence electrons. The van der Waals surface area contributed by atoms with E-state index in [1.807, 2.05) is 30.3 Å². The van der Waals surface area contributed by atoms with Crippen molar-refractivity contribution >= 4 is 17.7 Å². The van der Waals surface area contributed by atoms with Crippen LogP contribution in [-0.4, -0.2) is 24.6 Å². The molecule has 1 N–H and O–H groups in total. The number of anilines is 1. The molecule has 1 heterocycles. The third-order valence-electron chi connectivity index (χ3n) is 3.81. The quantitative estimate of drug-likeness (QED) is 0.948. The number of hydrogen-bond acceptors (Lipinski definition) is 3. The third kappa shape index (κ3) is 3.34. The number of carbonyl (C=O) groups excluding carboxylic acids is 2. The lowest BCUT2D eigenvalue weighted by atomic mass is 10.2. The Labute approximate surface area is 134 Å².